The lowest BCUT2D eigenvalue weighted by Gasteiger charge is -2.16. The fourth-order valence-electron chi connectivity index (χ4n) is 1.94. The first-order valence-corrected chi connectivity index (χ1v) is 7.64. The summed E-state index contributed by atoms with van der Waals surface area (Å²) in [5.74, 6) is 2.42. The van der Waals surface area contributed by atoms with Crippen molar-refractivity contribution in [3.05, 3.63) is 41.7 Å². The zero-order valence-corrected chi connectivity index (χ0v) is 13.3. The predicted octanol–water partition coefficient (Wildman–Crippen LogP) is 2.95. The monoisotopic (exact) mass is 306 g/mol. The van der Waals surface area contributed by atoms with E-state index in [0.717, 1.165) is 11.3 Å². The predicted molar refractivity (Wildman–Crippen MR) is 83.5 cm³/mol. The first-order chi connectivity index (χ1) is 10.2. The molecule has 2 rings (SSSR count). The number of methoxy groups -OCH3 is 3. The van der Waals surface area contributed by atoms with Crippen molar-refractivity contribution in [3.8, 4) is 17.5 Å². The fourth-order valence-corrected chi connectivity index (χ4v) is 2.68. The third-order valence-corrected chi connectivity index (χ3v) is 3.94. The Bertz CT molecular complexity index is 585. The first-order valence-electron chi connectivity index (χ1n) is 6.35. The molecule has 1 aromatic heterocycles. The number of thioether (sulfide) groups is 1. The molecular weight excluding hydrogens is 288 g/mol. The second kappa shape index (κ2) is 7.17. The zero-order chi connectivity index (χ0) is 15.2. The van der Waals surface area contributed by atoms with E-state index in [1.54, 1.807) is 39.2 Å². The lowest BCUT2D eigenvalue weighted by molar-refractivity contribution is 0.368. The van der Waals surface area contributed by atoms with Crippen molar-refractivity contribution in [1.82, 2.24) is 9.97 Å². The summed E-state index contributed by atoms with van der Waals surface area (Å²) in [6, 6.07) is 9.53. The van der Waals surface area contributed by atoms with E-state index in [1.165, 1.54) is 0 Å². The Balaban J connectivity index is 2.44. The van der Waals surface area contributed by atoms with Crippen LogP contribution in [0.3, 0.4) is 0 Å². The summed E-state index contributed by atoms with van der Waals surface area (Å²) >= 11 is 1.64. The molecule has 0 aliphatic heterocycles. The van der Waals surface area contributed by atoms with Gasteiger partial charge < -0.3 is 14.2 Å². The summed E-state index contributed by atoms with van der Waals surface area (Å²) in [6.45, 7) is 0. The second-order valence-electron chi connectivity index (χ2n) is 4.20. The topological polar surface area (TPSA) is 53.5 Å². The van der Waals surface area contributed by atoms with Crippen LogP contribution < -0.4 is 14.2 Å². The van der Waals surface area contributed by atoms with Crippen LogP contribution in [0.5, 0.6) is 17.5 Å². The van der Waals surface area contributed by atoms with Crippen molar-refractivity contribution >= 4 is 11.8 Å². The van der Waals surface area contributed by atoms with Gasteiger partial charge in [-0.2, -0.15) is 9.97 Å². The quantitative estimate of drug-likeness (QED) is 0.818. The van der Waals surface area contributed by atoms with Gasteiger partial charge in [-0.15, -0.1) is 11.8 Å². The lowest BCUT2D eigenvalue weighted by atomic mass is 10.1. The summed E-state index contributed by atoms with van der Waals surface area (Å²) in [4.78, 5) is 8.86. The van der Waals surface area contributed by atoms with Crippen LogP contribution in [-0.4, -0.2) is 37.6 Å². The molecule has 0 aliphatic carbocycles. The normalized spacial score (nSPS) is 11.8. The molecular formula is C15H18N2O3S. The molecule has 1 atom stereocenters. The van der Waals surface area contributed by atoms with Crippen molar-refractivity contribution in [3.63, 3.8) is 0 Å². The van der Waals surface area contributed by atoms with Crippen LogP contribution in [0.25, 0.3) is 0 Å². The molecule has 5 nitrogen and oxygen atoms in total. The van der Waals surface area contributed by atoms with Gasteiger partial charge >= 0.3 is 0 Å². The Morgan fingerprint density at radius 2 is 1.62 bits per heavy atom. The third-order valence-electron chi connectivity index (χ3n) is 2.98. The fraction of sp³-hybridized carbons (Fsp3) is 0.333. The van der Waals surface area contributed by atoms with Gasteiger partial charge in [0.15, 0.2) is 5.82 Å². The average molecular weight is 306 g/mol. The van der Waals surface area contributed by atoms with Crippen LogP contribution in [0.4, 0.5) is 0 Å². The van der Waals surface area contributed by atoms with Crippen LogP contribution in [-0.2, 0) is 0 Å². The van der Waals surface area contributed by atoms with E-state index in [2.05, 4.69) is 9.97 Å². The molecule has 0 fully saturated rings. The molecule has 0 radical (unpaired) electrons. The molecule has 1 heterocycles. The van der Waals surface area contributed by atoms with E-state index < -0.39 is 0 Å². The molecule has 112 valence electrons. The van der Waals surface area contributed by atoms with Crippen LogP contribution in [0.15, 0.2) is 30.3 Å². The number of benzene rings is 1. The van der Waals surface area contributed by atoms with E-state index in [0.29, 0.717) is 17.6 Å². The molecule has 6 heteroatoms. The van der Waals surface area contributed by atoms with Crippen molar-refractivity contribution in [1.29, 1.82) is 0 Å². The molecule has 0 spiro atoms. The number of hydrogen-bond donors (Lipinski definition) is 0. The summed E-state index contributed by atoms with van der Waals surface area (Å²) in [5, 5.41) is -0.0240. The van der Waals surface area contributed by atoms with Crippen LogP contribution in [0.2, 0.25) is 0 Å². The molecule has 0 bridgehead atoms. The van der Waals surface area contributed by atoms with Gasteiger partial charge in [-0.3, -0.25) is 0 Å². The minimum Gasteiger partial charge on any atom is -0.497 e. The third kappa shape index (κ3) is 3.58. The Morgan fingerprint density at radius 3 is 2.14 bits per heavy atom. The highest BCUT2D eigenvalue weighted by molar-refractivity contribution is 7.99. The van der Waals surface area contributed by atoms with E-state index in [9.17, 15) is 0 Å². The van der Waals surface area contributed by atoms with Gasteiger partial charge in [-0.05, 0) is 24.0 Å². The molecule has 2 aromatic rings. The lowest BCUT2D eigenvalue weighted by Crippen LogP contribution is -2.05. The molecule has 1 aromatic carbocycles. The Kier molecular flexibility index (Phi) is 5.27. The zero-order valence-electron chi connectivity index (χ0n) is 12.5. The maximum Gasteiger partial charge on any atom is 0.220 e. The Morgan fingerprint density at radius 1 is 0.952 bits per heavy atom. The number of ether oxygens (including phenoxy) is 3. The van der Waals surface area contributed by atoms with Crippen molar-refractivity contribution in [2.45, 2.75) is 5.25 Å². The molecule has 21 heavy (non-hydrogen) atoms. The Labute approximate surface area is 128 Å². The molecule has 0 saturated heterocycles. The second-order valence-corrected chi connectivity index (χ2v) is 5.15. The highest BCUT2D eigenvalue weighted by atomic mass is 32.2. The van der Waals surface area contributed by atoms with Crippen molar-refractivity contribution in [2.24, 2.45) is 0 Å². The number of nitrogens with zero attached hydrogens (tertiary/aromatic N) is 2. The minimum absolute atomic E-state index is 0.0240. The number of rotatable bonds is 6. The average Bonchev–Trinajstić information content (AvgIpc) is 2.55. The van der Waals surface area contributed by atoms with Crippen LogP contribution in [0.1, 0.15) is 16.6 Å². The summed E-state index contributed by atoms with van der Waals surface area (Å²) in [7, 11) is 4.80. The molecule has 0 aliphatic rings. The molecule has 1 unspecified atom stereocenters. The standard InChI is InChI=1S/C15H18N2O3S/c1-18-11-7-5-6-10(8-11)14(21-4)15-16-12(19-2)9-13(17-15)20-3/h5-9,14H,1-4H3. The maximum atomic E-state index is 5.28. The van der Waals surface area contributed by atoms with Crippen molar-refractivity contribution < 1.29 is 14.2 Å². The van der Waals surface area contributed by atoms with E-state index >= 15 is 0 Å². The van der Waals surface area contributed by atoms with Gasteiger partial charge in [0, 0.05) is 0 Å². The van der Waals surface area contributed by atoms with E-state index in [4.69, 9.17) is 14.2 Å². The van der Waals surface area contributed by atoms with Gasteiger partial charge in [0.1, 0.15) is 5.75 Å². The smallest absolute Gasteiger partial charge is 0.220 e. The van der Waals surface area contributed by atoms with Gasteiger partial charge in [0.25, 0.3) is 0 Å². The molecule has 0 saturated carbocycles. The highest BCUT2D eigenvalue weighted by Crippen LogP contribution is 2.35. The SMILES string of the molecule is COc1cccc(C(SC)c2nc(OC)cc(OC)n2)c1. The molecule has 0 amide bonds. The maximum absolute atomic E-state index is 5.28. The number of aromatic nitrogens is 2. The van der Waals surface area contributed by atoms with Gasteiger partial charge in [-0.25, -0.2) is 0 Å². The van der Waals surface area contributed by atoms with E-state index in [-0.39, 0.29) is 5.25 Å². The van der Waals surface area contributed by atoms with Crippen LogP contribution in [0, 0.1) is 0 Å². The van der Waals surface area contributed by atoms with Crippen LogP contribution >= 0.6 is 11.8 Å². The van der Waals surface area contributed by atoms with E-state index in [1.807, 2.05) is 30.5 Å². The Hall–Kier alpha value is -1.95. The summed E-state index contributed by atoms with van der Waals surface area (Å²) in [5.41, 5.74) is 1.07. The number of hydrogen-bond acceptors (Lipinski definition) is 6. The minimum atomic E-state index is -0.0240. The molecule has 0 N–H and O–H groups in total. The summed E-state index contributed by atoms with van der Waals surface area (Å²) in [6.07, 6.45) is 2.01. The van der Waals surface area contributed by atoms with Gasteiger partial charge in [0.2, 0.25) is 11.8 Å². The van der Waals surface area contributed by atoms with Crippen molar-refractivity contribution in [2.75, 3.05) is 27.6 Å². The van der Waals surface area contributed by atoms with Gasteiger partial charge in [-0.1, -0.05) is 12.1 Å². The largest absolute Gasteiger partial charge is 0.497 e. The van der Waals surface area contributed by atoms with Gasteiger partial charge in [0.05, 0.1) is 32.6 Å². The highest BCUT2D eigenvalue weighted by Gasteiger charge is 2.19. The first kappa shape index (κ1) is 15.4. The summed E-state index contributed by atoms with van der Waals surface area (Å²) < 4.78 is 15.7.